The molecule has 9 nitrogen and oxygen atoms in total. The van der Waals surface area contributed by atoms with Gasteiger partial charge in [-0.25, -0.2) is 9.18 Å². The van der Waals surface area contributed by atoms with Gasteiger partial charge in [0.15, 0.2) is 0 Å². The van der Waals surface area contributed by atoms with E-state index in [0.29, 0.717) is 11.1 Å². The Labute approximate surface area is 143 Å². The molecule has 0 fully saturated rings. The summed E-state index contributed by atoms with van der Waals surface area (Å²) >= 11 is 0. The van der Waals surface area contributed by atoms with Crippen LogP contribution in [0.3, 0.4) is 0 Å². The highest BCUT2D eigenvalue weighted by atomic mass is 19.1. The van der Waals surface area contributed by atoms with Crippen LogP contribution in [0.2, 0.25) is 0 Å². The average molecular weight is 353 g/mol. The smallest absolute Gasteiger partial charge is 0.347 e. The lowest BCUT2D eigenvalue weighted by atomic mass is 10.0. The molecule has 0 aliphatic carbocycles. The Morgan fingerprint density at radius 1 is 1.15 bits per heavy atom. The number of nitro benzene ring substituents is 1. The second-order valence-corrected chi connectivity index (χ2v) is 5.36. The van der Waals surface area contributed by atoms with Gasteiger partial charge in [0, 0.05) is 11.5 Å². The summed E-state index contributed by atoms with van der Waals surface area (Å²) in [6.07, 6.45) is 0. The van der Waals surface area contributed by atoms with E-state index in [1.54, 1.807) is 12.1 Å². The van der Waals surface area contributed by atoms with Crippen molar-refractivity contribution in [3.8, 4) is 22.5 Å². The van der Waals surface area contributed by atoms with E-state index in [-0.39, 0.29) is 22.4 Å². The molecule has 2 heterocycles. The highest BCUT2D eigenvalue weighted by molar-refractivity contribution is 5.92. The number of nitrogens with one attached hydrogen (secondary N) is 1. The summed E-state index contributed by atoms with van der Waals surface area (Å²) in [6, 6.07) is 9.81. The summed E-state index contributed by atoms with van der Waals surface area (Å²) in [4.78, 5) is 22.9. The predicted octanol–water partition coefficient (Wildman–Crippen LogP) is 2.69. The number of aromatic amines is 1. The number of aromatic nitrogens is 4. The molecule has 0 radical (unpaired) electrons. The minimum absolute atomic E-state index is 0.000498. The fraction of sp³-hybridized carbons (Fsp3) is 0. The molecule has 1 N–H and O–H groups in total. The quantitative estimate of drug-likeness (QED) is 0.341. The SMILES string of the molecule is O=c1oc2c([N+](=O)[O-])cc(-c3cccc(F)c3)cc2cc1-c1nn[nH]n1. The summed E-state index contributed by atoms with van der Waals surface area (Å²) in [5.41, 5.74) is -0.581. The second kappa shape index (κ2) is 5.84. The number of H-pyrrole nitrogens is 1. The normalized spacial score (nSPS) is 11.0. The molecule has 0 aliphatic heterocycles. The van der Waals surface area contributed by atoms with Crippen LogP contribution in [0.25, 0.3) is 33.5 Å². The lowest BCUT2D eigenvalue weighted by Crippen LogP contribution is -2.05. The lowest BCUT2D eigenvalue weighted by molar-refractivity contribution is -0.383. The van der Waals surface area contributed by atoms with Crippen molar-refractivity contribution in [3.63, 3.8) is 0 Å². The summed E-state index contributed by atoms with van der Waals surface area (Å²) in [5, 5.41) is 24.7. The second-order valence-electron chi connectivity index (χ2n) is 5.36. The summed E-state index contributed by atoms with van der Waals surface area (Å²) in [5.74, 6) is -0.475. The number of tetrazole rings is 1. The first-order chi connectivity index (χ1) is 12.5. The van der Waals surface area contributed by atoms with Crippen LogP contribution in [0, 0.1) is 15.9 Å². The first-order valence-electron chi connectivity index (χ1n) is 7.29. The maximum Gasteiger partial charge on any atom is 0.347 e. The highest BCUT2D eigenvalue weighted by Gasteiger charge is 2.21. The first-order valence-corrected chi connectivity index (χ1v) is 7.29. The molecule has 0 spiro atoms. The standard InChI is InChI=1S/C16H8FN5O4/c17-11-3-1-2-8(5-11)9-4-10-6-12(15-18-20-21-19-15)16(23)26-14(10)13(7-9)22(24)25/h1-7H,(H,18,19,20,21). The number of nitrogens with zero attached hydrogens (tertiary/aromatic N) is 4. The third kappa shape index (κ3) is 2.59. The van der Waals surface area contributed by atoms with Crippen LogP contribution in [-0.2, 0) is 0 Å². The fourth-order valence-electron chi connectivity index (χ4n) is 2.62. The van der Waals surface area contributed by atoms with Gasteiger partial charge >= 0.3 is 11.3 Å². The Balaban J connectivity index is 2.03. The van der Waals surface area contributed by atoms with Crippen molar-refractivity contribution >= 4 is 16.7 Å². The van der Waals surface area contributed by atoms with Crippen LogP contribution < -0.4 is 5.63 Å². The molecule has 4 aromatic rings. The van der Waals surface area contributed by atoms with Gasteiger partial charge in [0.2, 0.25) is 11.4 Å². The Morgan fingerprint density at radius 3 is 2.69 bits per heavy atom. The van der Waals surface area contributed by atoms with E-state index in [0.717, 1.165) is 0 Å². The van der Waals surface area contributed by atoms with E-state index in [4.69, 9.17) is 4.42 Å². The third-order valence-corrected chi connectivity index (χ3v) is 3.75. The molecule has 128 valence electrons. The Bertz CT molecular complexity index is 1200. The molecule has 0 saturated carbocycles. The van der Waals surface area contributed by atoms with Gasteiger partial charge in [-0.15, -0.1) is 10.2 Å². The number of nitro groups is 1. The topological polar surface area (TPSA) is 128 Å². The zero-order valence-corrected chi connectivity index (χ0v) is 12.8. The van der Waals surface area contributed by atoms with Crippen LogP contribution in [0.4, 0.5) is 10.1 Å². The minimum Gasteiger partial charge on any atom is -0.415 e. The summed E-state index contributed by atoms with van der Waals surface area (Å²) in [6.45, 7) is 0. The van der Waals surface area contributed by atoms with Crippen molar-refractivity contribution in [1.29, 1.82) is 0 Å². The molecular formula is C16H8FN5O4. The van der Waals surface area contributed by atoms with E-state index in [9.17, 15) is 19.3 Å². The molecule has 0 amide bonds. The van der Waals surface area contributed by atoms with Crippen molar-refractivity contribution in [1.82, 2.24) is 20.6 Å². The molecule has 0 unspecified atom stereocenters. The van der Waals surface area contributed by atoms with E-state index in [1.807, 2.05) is 0 Å². The maximum absolute atomic E-state index is 13.5. The zero-order valence-electron chi connectivity index (χ0n) is 12.8. The van der Waals surface area contributed by atoms with Gasteiger partial charge in [-0.2, -0.15) is 5.21 Å². The number of benzene rings is 2. The minimum atomic E-state index is -0.833. The van der Waals surface area contributed by atoms with Gasteiger partial charge in [-0.1, -0.05) is 12.1 Å². The van der Waals surface area contributed by atoms with Gasteiger partial charge in [-0.05, 0) is 40.6 Å². The Morgan fingerprint density at radius 2 is 2.00 bits per heavy atom. The maximum atomic E-state index is 13.5. The van der Waals surface area contributed by atoms with Gasteiger partial charge in [0.25, 0.3) is 0 Å². The summed E-state index contributed by atoms with van der Waals surface area (Å²) < 4.78 is 18.6. The number of halogens is 1. The van der Waals surface area contributed by atoms with Gasteiger partial charge in [0.05, 0.1) is 4.92 Å². The van der Waals surface area contributed by atoms with Crippen LogP contribution in [0.1, 0.15) is 0 Å². The molecule has 0 bridgehead atoms. The summed E-state index contributed by atoms with van der Waals surface area (Å²) in [7, 11) is 0. The number of rotatable bonds is 3. The van der Waals surface area contributed by atoms with E-state index in [1.165, 1.54) is 30.3 Å². The lowest BCUT2D eigenvalue weighted by Gasteiger charge is -2.06. The van der Waals surface area contributed by atoms with Crippen molar-refractivity contribution < 1.29 is 13.7 Å². The van der Waals surface area contributed by atoms with Gasteiger partial charge < -0.3 is 4.42 Å². The molecule has 2 aromatic carbocycles. The molecule has 26 heavy (non-hydrogen) atoms. The van der Waals surface area contributed by atoms with E-state index >= 15 is 0 Å². The number of fused-ring (bicyclic) bond motifs is 1. The Kier molecular flexibility index (Phi) is 3.50. The molecular weight excluding hydrogens is 345 g/mol. The number of hydrogen-bond acceptors (Lipinski definition) is 7. The molecule has 0 atom stereocenters. The monoisotopic (exact) mass is 353 g/mol. The molecule has 0 aliphatic rings. The van der Waals surface area contributed by atoms with Crippen LogP contribution in [-0.4, -0.2) is 25.5 Å². The number of non-ortho nitro benzene ring substituents is 1. The van der Waals surface area contributed by atoms with Gasteiger partial charge in [-0.3, -0.25) is 10.1 Å². The average Bonchev–Trinajstić information content (AvgIpc) is 3.14. The third-order valence-electron chi connectivity index (χ3n) is 3.75. The van der Waals surface area contributed by atoms with Crippen molar-refractivity contribution in [3.05, 3.63) is 68.8 Å². The van der Waals surface area contributed by atoms with Crippen molar-refractivity contribution in [2.45, 2.75) is 0 Å². The van der Waals surface area contributed by atoms with E-state index < -0.39 is 22.1 Å². The Hall–Kier alpha value is -3.95. The van der Waals surface area contributed by atoms with Crippen molar-refractivity contribution in [2.75, 3.05) is 0 Å². The van der Waals surface area contributed by atoms with Crippen LogP contribution in [0.15, 0.2) is 51.7 Å². The van der Waals surface area contributed by atoms with Crippen molar-refractivity contribution in [2.24, 2.45) is 0 Å². The molecule has 10 heteroatoms. The highest BCUT2D eigenvalue weighted by Crippen LogP contribution is 2.33. The molecule has 2 aromatic heterocycles. The predicted molar refractivity (Wildman–Crippen MR) is 87.7 cm³/mol. The van der Waals surface area contributed by atoms with Crippen LogP contribution >= 0.6 is 0 Å². The van der Waals surface area contributed by atoms with Crippen LogP contribution in [0.5, 0.6) is 0 Å². The fourth-order valence-corrected chi connectivity index (χ4v) is 2.62. The molecule has 4 rings (SSSR count). The first kappa shape index (κ1) is 15.6. The molecule has 0 saturated heterocycles. The largest absolute Gasteiger partial charge is 0.415 e. The number of hydrogen-bond donors (Lipinski definition) is 1. The zero-order chi connectivity index (χ0) is 18.3. The van der Waals surface area contributed by atoms with Gasteiger partial charge in [0.1, 0.15) is 11.4 Å². The van der Waals surface area contributed by atoms with E-state index in [2.05, 4.69) is 20.6 Å².